The summed E-state index contributed by atoms with van der Waals surface area (Å²) in [6.07, 6.45) is 3.80. The van der Waals surface area contributed by atoms with Crippen LogP contribution in [0, 0.1) is 5.92 Å². The Morgan fingerprint density at radius 3 is 1.88 bits per heavy atom. The Balaban J connectivity index is 0.00000243. The van der Waals surface area contributed by atoms with E-state index >= 15 is 0 Å². The average molecular weight is 376 g/mol. The van der Waals surface area contributed by atoms with Crippen molar-refractivity contribution in [3.63, 3.8) is 0 Å². The number of benzene rings is 2. The van der Waals surface area contributed by atoms with Gasteiger partial charge in [0.1, 0.15) is 5.60 Å². The maximum Gasteiger partial charge on any atom is 0.121 e. The van der Waals surface area contributed by atoms with Gasteiger partial charge in [0.2, 0.25) is 0 Å². The van der Waals surface area contributed by atoms with Gasteiger partial charge in [-0.15, -0.1) is 12.4 Å². The first-order valence-electron chi connectivity index (χ1n) is 9.30. The van der Waals surface area contributed by atoms with Crippen LogP contribution in [0.25, 0.3) is 0 Å². The lowest BCUT2D eigenvalue weighted by atomic mass is 9.76. The van der Waals surface area contributed by atoms with Crippen molar-refractivity contribution in [2.75, 3.05) is 33.4 Å². The van der Waals surface area contributed by atoms with Crippen molar-refractivity contribution in [1.29, 1.82) is 0 Å². The topological polar surface area (TPSA) is 32.7 Å². The highest BCUT2D eigenvalue weighted by molar-refractivity contribution is 5.85. The lowest BCUT2D eigenvalue weighted by molar-refractivity contribution is -0.0365. The molecule has 4 heteroatoms. The standard InChI is InChI=1S/C22H29NO2.ClH/c1-25-18-21(17-23-15-9-4-10-16-23)22(24,19-11-5-2-6-12-19)20-13-7-3-8-14-20;/h2-3,5-8,11-14,21,24H,4,9-10,15-18H2,1H3;1H. The largest absolute Gasteiger partial charge is 0.384 e. The smallest absolute Gasteiger partial charge is 0.121 e. The van der Waals surface area contributed by atoms with E-state index in [9.17, 15) is 5.11 Å². The minimum absolute atomic E-state index is 0. The van der Waals surface area contributed by atoms with Gasteiger partial charge in [0.25, 0.3) is 0 Å². The molecule has 2 aromatic carbocycles. The lowest BCUT2D eigenvalue weighted by Crippen LogP contribution is -2.46. The molecule has 26 heavy (non-hydrogen) atoms. The molecule has 0 aliphatic carbocycles. The predicted octanol–water partition coefficient (Wildman–Crippen LogP) is 4.09. The minimum atomic E-state index is -1.06. The molecule has 1 atom stereocenters. The first-order chi connectivity index (χ1) is 12.2. The number of rotatable bonds is 7. The Labute approximate surface area is 163 Å². The van der Waals surface area contributed by atoms with E-state index in [1.807, 2.05) is 60.7 Å². The van der Waals surface area contributed by atoms with E-state index in [0.29, 0.717) is 6.61 Å². The highest BCUT2D eigenvalue weighted by atomic mass is 35.5. The van der Waals surface area contributed by atoms with Crippen LogP contribution in [0.3, 0.4) is 0 Å². The maximum atomic E-state index is 12.0. The van der Waals surface area contributed by atoms with Crippen LogP contribution in [0.4, 0.5) is 0 Å². The van der Waals surface area contributed by atoms with Gasteiger partial charge in [0, 0.05) is 19.6 Å². The summed E-state index contributed by atoms with van der Waals surface area (Å²) in [5.74, 6) is -0.0274. The number of hydrogen-bond acceptors (Lipinski definition) is 3. The van der Waals surface area contributed by atoms with Gasteiger partial charge in [-0.1, -0.05) is 67.1 Å². The number of likely N-dealkylation sites (tertiary alicyclic amines) is 1. The van der Waals surface area contributed by atoms with Crippen molar-refractivity contribution < 1.29 is 9.84 Å². The molecule has 1 fully saturated rings. The summed E-state index contributed by atoms with van der Waals surface area (Å²) in [4.78, 5) is 2.48. The van der Waals surface area contributed by atoms with Crippen molar-refractivity contribution >= 4 is 12.4 Å². The highest BCUT2D eigenvalue weighted by Crippen LogP contribution is 2.38. The Hall–Kier alpha value is -1.39. The van der Waals surface area contributed by atoms with Crippen LogP contribution >= 0.6 is 12.4 Å². The van der Waals surface area contributed by atoms with Crippen LogP contribution in [0.15, 0.2) is 60.7 Å². The molecule has 0 bridgehead atoms. The third-order valence-electron chi connectivity index (χ3n) is 5.31. The van der Waals surface area contributed by atoms with Crippen LogP contribution in [-0.4, -0.2) is 43.4 Å². The van der Waals surface area contributed by atoms with E-state index in [2.05, 4.69) is 4.90 Å². The zero-order chi connectivity index (χ0) is 17.5. The fourth-order valence-corrected chi connectivity index (χ4v) is 3.98. The molecule has 2 aromatic rings. The average Bonchev–Trinajstić information content (AvgIpc) is 2.69. The van der Waals surface area contributed by atoms with E-state index in [-0.39, 0.29) is 18.3 Å². The molecule has 3 nitrogen and oxygen atoms in total. The molecule has 1 N–H and O–H groups in total. The minimum Gasteiger partial charge on any atom is -0.384 e. The monoisotopic (exact) mass is 375 g/mol. The summed E-state index contributed by atoms with van der Waals surface area (Å²) in [7, 11) is 1.72. The SMILES string of the molecule is COCC(CN1CCCCC1)C(O)(c1ccccc1)c1ccccc1.Cl. The normalized spacial score (nSPS) is 16.7. The first-order valence-corrected chi connectivity index (χ1v) is 9.30. The summed E-state index contributed by atoms with van der Waals surface area (Å²) >= 11 is 0. The molecule has 1 aliphatic heterocycles. The second-order valence-electron chi connectivity index (χ2n) is 7.01. The van der Waals surface area contributed by atoms with E-state index in [0.717, 1.165) is 30.8 Å². The number of methoxy groups -OCH3 is 1. The molecular weight excluding hydrogens is 346 g/mol. The molecule has 0 radical (unpaired) electrons. The van der Waals surface area contributed by atoms with Crippen molar-refractivity contribution in [3.05, 3.63) is 71.8 Å². The van der Waals surface area contributed by atoms with Gasteiger partial charge in [-0.2, -0.15) is 0 Å². The molecule has 0 saturated carbocycles. The summed E-state index contributed by atoms with van der Waals surface area (Å²) in [6.45, 7) is 3.59. The lowest BCUT2D eigenvalue weighted by Gasteiger charge is -2.40. The number of aliphatic hydroxyl groups is 1. The maximum absolute atomic E-state index is 12.0. The number of hydrogen-bond donors (Lipinski definition) is 1. The van der Waals surface area contributed by atoms with Crippen LogP contribution < -0.4 is 0 Å². The van der Waals surface area contributed by atoms with Crippen LogP contribution in [0.2, 0.25) is 0 Å². The van der Waals surface area contributed by atoms with E-state index in [1.165, 1.54) is 19.3 Å². The summed E-state index contributed by atoms with van der Waals surface area (Å²) in [5.41, 5.74) is 0.802. The van der Waals surface area contributed by atoms with Gasteiger partial charge < -0.3 is 14.7 Å². The summed E-state index contributed by atoms with van der Waals surface area (Å²) in [6, 6.07) is 20.0. The molecule has 0 aromatic heterocycles. The third kappa shape index (κ3) is 4.66. The molecule has 1 heterocycles. The predicted molar refractivity (Wildman–Crippen MR) is 109 cm³/mol. The summed E-state index contributed by atoms with van der Waals surface area (Å²) < 4.78 is 5.55. The van der Waals surface area contributed by atoms with E-state index in [1.54, 1.807) is 7.11 Å². The van der Waals surface area contributed by atoms with Gasteiger partial charge in [-0.25, -0.2) is 0 Å². The highest BCUT2D eigenvalue weighted by Gasteiger charge is 2.41. The molecule has 0 spiro atoms. The second-order valence-corrected chi connectivity index (χ2v) is 7.01. The molecule has 1 aliphatic rings. The molecular formula is C22H30ClNO2. The van der Waals surface area contributed by atoms with Crippen molar-refractivity contribution in [3.8, 4) is 0 Å². The van der Waals surface area contributed by atoms with E-state index in [4.69, 9.17) is 4.74 Å². The van der Waals surface area contributed by atoms with Crippen molar-refractivity contribution in [2.45, 2.75) is 24.9 Å². The Kier molecular flexibility index (Phi) is 8.11. The molecule has 3 rings (SSSR count). The molecule has 1 unspecified atom stereocenters. The zero-order valence-corrected chi connectivity index (χ0v) is 16.3. The van der Waals surface area contributed by atoms with Gasteiger partial charge in [-0.3, -0.25) is 0 Å². The third-order valence-corrected chi connectivity index (χ3v) is 5.31. The van der Waals surface area contributed by atoms with Gasteiger partial charge in [-0.05, 0) is 37.1 Å². The number of nitrogens with zero attached hydrogens (tertiary/aromatic N) is 1. The van der Waals surface area contributed by atoms with Crippen LogP contribution in [-0.2, 0) is 10.3 Å². The van der Waals surface area contributed by atoms with Gasteiger partial charge in [0.05, 0.1) is 6.61 Å². The number of halogens is 1. The van der Waals surface area contributed by atoms with Crippen molar-refractivity contribution in [2.24, 2.45) is 5.92 Å². The fourth-order valence-electron chi connectivity index (χ4n) is 3.98. The molecule has 0 amide bonds. The van der Waals surface area contributed by atoms with Crippen molar-refractivity contribution in [1.82, 2.24) is 4.90 Å². The summed E-state index contributed by atoms with van der Waals surface area (Å²) in [5, 5.41) is 12.0. The van der Waals surface area contributed by atoms with E-state index < -0.39 is 5.60 Å². The Morgan fingerprint density at radius 1 is 0.923 bits per heavy atom. The quantitative estimate of drug-likeness (QED) is 0.791. The Bertz CT molecular complexity index is 590. The number of piperidine rings is 1. The van der Waals surface area contributed by atoms with Gasteiger partial charge in [0.15, 0.2) is 0 Å². The molecule has 1 saturated heterocycles. The number of ether oxygens (including phenoxy) is 1. The van der Waals surface area contributed by atoms with Gasteiger partial charge >= 0.3 is 0 Å². The second kappa shape index (κ2) is 10.1. The first kappa shape index (κ1) is 20.9. The fraction of sp³-hybridized carbons (Fsp3) is 0.455. The zero-order valence-electron chi connectivity index (χ0n) is 15.5. The Morgan fingerprint density at radius 2 is 1.42 bits per heavy atom. The van der Waals surface area contributed by atoms with Crippen LogP contribution in [0.1, 0.15) is 30.4 Å². The van der Waals surface area contributed by atoms with Crippen LogP contribution in [0.5, 0.6) is 0 Å². The molecule has 142 valence electrons.